The zero-order valence-corrected chi connectivity index (χ0v) is 8.09. The highest BCUT2D eigenvalue weighted by atomic mass is 15.3. The second-order valence-electron chi connectivity index (χ2n) is 3.44. The fraction of sp³-hybridized carbons (Fsp3) is 0. The van der Waals surface area contributed by atoms with Gasteiger partial charge < -0.3 is 0 Å². The quantitative estimate of drug-likeness (QED) is 0.665. The summed E-state index contributed by atoms with van der Waals surface area (Å²) in [5.41, 5.74) is 5.94. The Balaban J connectivity index is 2.30. The number of hydrogen-bond donors (Lipinski definition) is 0. The Kier molecular flexibility index (Phi) is 1.78. The van der Waals surface area contributed by atoms with Crippen LogP contribution >= 0.6 is 0 Å². The monoisotopic (exact) mass is 193 g/mol. The second-order valence-corrected chi connectivity index (χ2v) is 3.44. The molecular weight excluding hydrogens is 184 g/mol. The second kappa shape index (κ2) is 3.24. The lowest BCUT2D eigenvalue weighted by Crippen LogP contribution is -1.95. The molecule has 2 nitrogen and oxygen atoms in total. The van der Waals surface area contributed by atoms with E-state index >= 15 is 0 Å². The molecule has 0 N–H and O–H groups in total. The van der Waals surface area contributed by atoms with Crippen molar-refractivity contribution >= 4 is 16.5 Å². The Morgan fingerprint density at radius 1 is 0.867 bits per heavy atom. The lowest BCUT2D eigenvalue weighted by molar-refractivity contribution is 0.972. The molecule has 1 radical (unpaired) electrons. The van der Waals surface area contributed by atoms with E-state index in [0.717, 1.165) is 11.3 Å². The van der Waals surface area contributed by atoms with Crippen LogP contribution in [0.3, 0.4) is 0 Å². The largest absolute Gasteiger partial charge is 0.158 e. The molecule has 0 saturated heterocycles. The topological polar surface area (TPSA) is 26.5 Å². The highest BCUT2D eigenvalue weighted by Gasteiger charge is 2.07. The lowest BCUT2D eigenvalue weighted by atomic mass is 10.0. The Morgan fingerprint density at radius 3 is 2.60 bits per heavy atom. The molecule has 2 aromatic rings. The van der Waals surface area contributed by atoms with Gasteiger partial charge in [0.1, 0.15) is 0 Å². The van der Waals surface area contributed by atoms with E-state index in [0.29, 0.717) is 0 Å². The van der Waals surface area contributed by atoms with Gasteiger partial charge >= 0.3 is 0 Å². The van der Waals surface area contributed by atoms with Crippen LogP contribution in [-0.2, 0) is 0 Å². The van der Waals surface area contributed by atoms with Crippen LogP contribution in [-0.4, -0.2) is 5.71 Å². The molecule has 0 spiro atoms. The standard InChI is InChI=1S/C13H9N2/c1-2-6-11-10(4-1)5-3-7-12(11)13-8-9-14-15-13/h1-9H. The summed E-state index contributed by atoms with van der Waals surface area (Å²) in [6.45, 7) is 0. The van der Waals surface area contributed by atoms with E-state index < -0.39 is 0 Å². The first-order valence-electron chi connectivity index (χ1n) is 4.88. The van der Waals surface area contributed by atoms with Crippen LogP contribution in [0, 0.1) is 0 Å². The number of nitrogens with zero attached hydrogens (tertiary/aromatic N) is 2. The van der Waals surface area contributed by atoms with Crippen molar-refractivity contribution in [3.63, 3.8) is 0 Å². The van der Waals surface area contributed by atoms with Crippen molar-refractivity contribution < 1.29 is 0 Å². The number of benzene rings is 2. The van der Waals surface area contributed by atoms with Gasteiger partial charge in [0, 0.05) is 5.56 Å². The number of rotatable bonds is 1. The van der Waals surface area contributed by atoms with E-state index in [-0.39, 0.29) is 0 Å². The van der Waals surface area contributed by atoms with E-state index in [1.54, 1.807) is 6.20 Å². The minimum atomic E-state index is 0.937. The molecule has 1 aliphatic rings. The maximum Gasteiger partial charge on any atom is 0.0951 e. The van der Waals surface area contributed by atoms with E-state index in [4.69, 9.17) is 0 Å². The van der Waals surface area contributed by atoms with Gasteiger partial charge in [0.15, 0.2) is 0 Å². The molecular formula is C13H9N2. The van der Waals surface area contributed by atoms with Crippen molar-refractivity contribution in [2.45, 2.75) is 0 Å². The van der Waals surface area contributed by atoms with E-state index in [2.05, 4.69) is 34.8 Å². The minimum absolute atomic E-state index is 0.937. The van der Waals surface area contributed by atoms with Crippen molar-refractivity contribution in [1.82, 2.24) is 5.43 Å². The SMILES string of the molecule is C1=CC(c2cccc3ccccc23)=N[N]1. The van der Waals surface area contributed by atoms with Crippen molar-refractivity contribution in [3.05, 3.63) is 60.3 Å². The lowest BCUT2D eigenvalue weighted by Gasteiger charge is -2.03. The zero-order valence-electron chi connectivity index (χ0n) is 8.09. The van der Waals surface area contributed by atoms with Crippen molar-refractivity contribution in [3.8, 4) is 0 Å². The van der Waals surface area contributed by atoms with Crippen LogP contribution in [0.4, 0.5) is 0 Å². The molecule has 0 amide bonds. The van der Waals surface area contributed by atoms with Crippen molar-refractivity contribution in [2.24, 2.45) is 5.10 Å². The molecule has 0 aliphatic carbocycles. The molecule has 0 unspecified atom stereocenters. The summed E-state index contributed by atoms with van der Waals surface area (Å²) in [4.78, 5) is 0. The van der Waals surface area contributed by atoms with Gasteiger partial charge in [-0.05, 0) is 16.8 Å². The third kappa shape index (κ3) is 1.31. The first-order chi connectivity index (χ1) is 7.45. The Bertz CT molecular complexity index is 562. The van der Waals surface area contributed by atoms with Gasteiger partial charge in [-0.2, -0.15) is 10.5 Å². The zero-order chi connectivity index (χ0) is 10.1. The van der Waals surface area contributed by atoms with E-state index in [1.807, 2.05) is 24.3 Å². The fourth-order valence-electron chi connectivity index (χ4n) is 1.83. The van der Waals surface area contributed by atoms with Crippen LogP contribution in [0.5, 0.6) is 0 Å². The normalized spacial score (nSPS) is 14.0. The highest BCUT2D eigenvalue weighted by molar-refractivity contribution is 6.16. The molecule has 2 aromatic carbocycles. The number of hydrogen-bond acceptors (Lipinski definition) is 1. The maximum absolute atomic E-state index is 4.09. The van der Waals surface area contributed by atoms with E-state index in [9.17, 15) is 0 Å². The van der Waals surface area contributed by atoms with Gasteiger partial charge in [0.05, 0.1) is 11.9 Å². The van der Waals surface area contributed by atoms with Gasteiger partial charge in [-0.15, -0.1) is 0 Å². The van der Waals surface area contributed by atoms with Gasteiger partial charge in [0.2, 0.25) is 0 Å². The van der Waals surface area contributed by atoms with Crippen molar-refractivity contribution in [1.29, 1.82) is 0 Å². The van der Waals surface area contributed by atoms with Crippen molar-refractivity contribution in [2.75, 3.05) is 0 Å². The summed E-state index contributed by atoms with van der Waals surface area (Å²) in [7, 11) is 0. The Morgan fingerprint density at radius 2 is 1.73 bits per heavy atom. The van der Waals surface area contributed by atoms with Crippen LogP contribution in [0.25, 0.3) is 10.8 Å². The average Bonchev–Trinajstić information content (AvgIpc) is 2.82. The summed E-state index contributed by atoms with van der Waals surface area (Å²) < 4.78 is 0. The molecule has 3 rings (SSSR count). The first-order valence-corrected chi connectivity index (χ1v) is 4.88. The molecule has 71 valence electrons. The van der Waals surface area contributed by atoms with E-state index in [1.165, 1.54) is 10.8 Å². The van der Waals surface area contributed by atoms with Gasteiger partial charge in [-0.25, -0.2) is 0 Å². The van der Waals surface area contributed by atoms with Gasteiger partial charge in [0.25, 0.3) is 0 Å². The summed E-state index contributed by atoms with van der Waals surface area (Å²) in [5, 5.41) is 6.54. The van der Waals surface area contributed by atoms with Gasteiger partial charge in [-0.3, -0.25) is 0 Å². The maximum atomic E-state index is 4.09. The molecule has 2 heteroatoms. The summed E-state index contributed by atoms with van der Waals surface area (Å²) >= 11 is 0. The van der Waals surface area contributed by atoms with Crippen LogP contribution in [0.2, 0.25) is 0 Å². The first kappa shape index (κ1) is 8.24. The third-order valence-corrected chi connectivity index (χ3v) is 2.53. The summed E-state index contributed by atoms with van der Waals surface area (Å²) in [5.74, 6) is 0. The summed E-state index contributed by atoms with van der Waals surface area (Å²) in [6, 6.07) is 14.5. The number of allylic oxidation sites excluding steroid dienone is 1. The predicted molar refractivity (Wildman–Crippen MR) is 61.8 cm³/mol. The van der Waals surface area contributed by atoms with Crippen LogP contribution < -0.4 is 5.43 Å². The van der Waals surface area contributed by atoms with Gasteiger partial charge in [-0.1, -0.05) is 42.5 Å². The molecule has 0 aromatic heterocycles. The molecule has 0 atom stereocenters. The molecule has 0 bridgehead atoms. The molecule has 1 heterocycles. The van der Waals surface area contributed by atoms with Crippen LogP contribution in [0.15, 0.2) is 59.8 Å². The fourth-order valence-corrected chi connectivity index (χ4v) is 1.83. The predicted octanol–water partition coefficient (Wildman–Crippen LogP) is 2.68. The smallest absolute Gasteiger partial charge is 0.0951 e. The van der Waals surface area contributed by atoms with Crippen LogP contribution in [0.1, 0.15) is 5.56 Å². The molecule has 0 fully saturated rings. The average molecular weight is 193 g/mol. The number of fused-ring (bicyclic) bond motifs is 1. The Labute approximate surface area is 87.9 Å². The highest BCUT2D eigenvalue weighted by Crippen LogP contribution is 2.20. The third-order valence-electron chi connectivity index (χ3n) is 2.53. The summed E-state index contributed by atoms with van der Waals surface area (Å²) in [6.07, 6.45) is 3.65. The molecule has 15 heavy (non-hydrogen) atoms. The molecule has 0 saturated carbocycles. The minimum Gasteiger partial charge on any atom is -0.158 e. The Hall–Kier alpha value is -2.09. The molecule has 1 aliphatic heterocycles.